The summed E-state index contributed by atoms with van der Waals surface area (Å²) in [5.41, 5.74) is -0.587. The van der Waals surface area contributed by atoms with Gasteiger partial charge in [-0.1, -0.05) is 39.0 Å². The molecule has 0 aliphatic rings. The lowest BCUT2D eigenvalue weighted by molar-refractivity contribution is -0.142. The Labute approximate surface area is 145 Å². The molecule has 0 spiro atoms. The van der Waals surface area contributed by atoms with E-state index >= 15 is 0 Å². The van der Waals surface area contributed by atoms with Gasteiger partial charge < -0.3 is 14.8 Å². The zero-order valence-electron chi connectivity index (χ0n) is 15.3. The van der Waals surface area contributed by atoms with Crippen molar-refractivity contribution < 1.29 is 19.1 Å². The van der Waals surface area contributed by atoms with Gasteiger partial charge in [-0.3, -0.25) is 0 Å². The van der Waals surface area contributed by atoms with Gasteiger partial charge in [-0.25, -0.2) is 9.59 Å². The smallest absolute Gasteiger partial charge is 0.408 e. The number of hydrogen-bond donors (Lipinski definition) is 1. The molecule has 0 radical (unpaired) electrons. The van der Waals surface area contributed by atoms with E-state index in [-0.39, 0.29) is 0 Å². The van der Waals surface area contributed by atoms with Crippen molar-refractivity contribution >= 4 is 23.8 Å². The number of thioether (sulfide) groups is 1. The van der Waals surface area contributed by atoms with E-state index in [2.05, 4.69) is 12.2 Å². The Morgan fingerprint density at radius 1 is 1.09 bits per heavy atom. The number of amides is 1. The van der Waals surface area contributed by atoms with Crippen LogP contribution in [0.15, 0.2) is 0 Å². The molecule has 0 saturated heterocycles. The fourth-order valence-corrected chi connectivity index (χ4v) is 2.98. The van der Waals surface area contributed by atoms with Gasteiger partial charge in [0, 0.05) is 5.75 Å². The van der Waals surface area contributed by atoms with Gasteiger partial charge >= 0.3 is 12.1 Å². The summed E-state index contributed by atoms with van der Waals surface area (Å²) in [4.78, 5) is 23.5. The van der Waals surface area contributed by atoms with Crippen LogP contribution in [0.25, 0.3) is 0 Å². The maximum Gasteiger partial charge on any atom is 0.408 e. The third-order valence-corrected chi connectivity index (χ3v) is 4.25. The predicted molar refractivity (Wildman–Crippen MR) is 95.9 cm³/mol. The first-order chi connectivity index (χ1) is 10.8. The average Bonchev–Trinajstić information content (AvgIpc) is 2.46. The quantitative estimate of drug-likeness (QED) is 0.449. The molecule has 0 fully saturated rings. The van der Waals surface area contributed by atoms with E-state index in [1.807, 2.05) is 0 Å². The normalized spacial score (nSPS) is 12.6. The van der Waals surface area contributed by atoms with Crippen molar-refractivity contribution in [1.82, 2.24) is 5.32 Å². The van der Waals surface area contributed by atoms with Crippen LogP contribution in [0.2, 0.25) is 0 Å². The summed E-state index contributed by atoms with van der Waals surface area (Å²) in [6.07, 6.45) is 6.89. The van der Waals surface area contributed by atoms with Gasteiger partial charge in [0.25, 0.3) is 0 Å². The van der Waals surface area contributed by atoms with Crippen LogP contribution >= 0.6 is 11.8 Å². The van der Waals surface area contributed by atoms with E-state index < -0.39 is 23.7 Å². The number of carbonyl (C=O) groups is 2. The lowest BCUT2D eigenvalue weighted by Crippen LogP contribution is -2.45. The molecule has 0 aromatic carbocycles. The number of carbonyl (C=O) groups excluding carboxylic acids is 2. The molecule has 1 atom stereocenters. The number of alkyl carbamates (subject to hydrolysis) is 1. The van der Waals surface area contributed by atoms with E-state index in [1.165, 1.54) is 39.2 Å². The lowest BCUT2D eigenvalue weighted by Gasteiger charge is -2.22. The Bertz CT molecular complexity index is 342. The maximum absolute atomic E-state index is 11.8. The molecule has 0 aliphatic heterocycles. The number of methoxy groups -OCH3 is 1. The molecule has 0 heterocycles. The van der Waals surface area contributed by atoms with Crippen LogP contribution in [-0.4, -0.2) is 42.3 Å². The van der Waals surface area contributed by atoms with Crippen LogP contribution < -0.4 is 5.32 Å². The Morgan fingerprint density at radius 2 is 1.70 bits per heavy atom. The second kappa shape index (κ2) is 12.5. The highest BCUT2D eigenvalue weighted by Gasteiger charge is 2.24. The topological polar surface area (TPSA) is 64.6 Å². The molecule has 1 N–H and O–H groups in total. The predicted octanol–water partition coefficient (Wildman–Crippen LogP) is 4.15. The van der Waals surface area contributed by atoms with Crippen molar-refractivity contribution in [3.8, 4) is 0 Å². The highest BCUT2D eigenvalue weighted by atomic mass is 32.2. The van der Waals surface area contributed by atoms with Crippen molar-refractivity contribution in [2.24, 2.45) is 0 Å². The zero-order chi connectivity index (χ0) is 17.7. The first-order valence-corrected chi connectivity index (χ1v) is 9.60. The van der Waals surface area contributed by atoms with E-state index in [0.717, 1.165) is 12.2 Å². The first-order valence-electron chi connectivity index (χ1n) is 8.45. The molecule has 0 bridgehead atoms. The molecule has 0 rings (SSSR count). The van der Waals surface area contributed by atoms with Gasteiger partial charge in [0.1, 0.15) is 11.6 Å². The molecule has 0 aliphatic carbocycles. The minimum atomic E-state index is -0.667. The third kappa shape index (κ3) is 13.2. The number of ether oxygens (including phenoxy) is 2. The Morgan fingerprint density at radius 3 is 2.26 bits per heavy atom. The molecule has 23 heavy (non-hydrogen) atoms. The lowest BCUT2D eigenvalue weighted by atomic mass is 10.1. The van der Waals surface area contributed by atoms with E-state index in [9.17, 15) is 9.59 Å². The summed E-state index contributed by atoms with van der Waals surface area (Å²) in [7, 11) is 1.32. The maximum atomic E-state index is 11.8. The molecule has 5 nitrogen and oxygen atoms in total. The zero-order valence-corrected chi connectivity index (χ0v) is 16.1. The highest BCUT2D eigenvalue weighted by molar-refractivity contribution is 7.99. The Kier molecular flexibility index (Phi) is 12.0. The van der Waals surface area contributed by atoms with E-state index in [1.54, 1.807) is 32.5 Å². The van der Waals surface area contributed by atoms with Crippen LogP contribution in [0, 0.1) is 0 Å². The molecule has 136 valence electrons. The monoisotopic (exact) mass is 347 g/mol. The number of unbranched alkanes of at least 4 members (excludes halogenated alkanes) is 5. The fourth-order valence-electron chi connectivity index (χ4n) is 1.95. The van der Waals surface area contributed by atoms with Crippen molar-refractivity contribution in [2.75, 3.05) is 18.6 Å². The number of nitrogens with one attached hydrogen (secondary N) is 1. The van der Waals surface area contributed by atoms with Crippen molar-refractivity contribution in [1.29, 1.82) is 0 Å². The number of esters is 1. The van der Waals surface area contributed by atoms with Crippen LogP contribution in [-0.2, 0) is 14.3 Å². The molecule has 0 aromatic rings. The Hall–Kier alpha value is -0.910. The molecule has 0 saturated carbocycles. The van der Waals surface area contributed by atoms with Crippen LogP contribution in [0.4, 0.5) is 4.79 Å². The summed E-state index contributed by atoms with van der Waals surface area (Å²) in [6, 6.07) is -0.667. The molecule has 1 amide bonds. The summed E-state index contributed by atoms with van der Waals surface area (Å²) >= 11 is 1.66. The van der Waals surface area contributed by atoms with Crippen molar-refractivity contribution in [3.63, 3.8) is 0 Å². The third-order valence-electron chi connectivity index (χ3n) is 3.10. The molecule has 0 unspecified atom stereocenters. The van der Waals surface area contributed by atoms with E-state index in [0.29, 0.717) is 5.75 Å². The minimum absolute atomic E-state index is 0.439. The van der Waals surface area contributed by atoms with Gasteiger partial charge in [0.15, 0.2) is 0 Å². The summed E-state index contributed by atoms with van der Waals surface area (Å²) in [6.45, 7) is 7.56. The minimum Gasteiger partial charge on any atom is -0.467 e. The van der Waals surface area contributed by atoms with Gasteiger partial charge in [-0.05, 0) is 32.9 Å². The van der Waals surface area contributed by atoms with Crippen LogP contribution in [0.3, 0.4) is 0 Å². The van der Waals surface area contributed by atoms with Gasteiger partial charge in [-0.2, -0.15) is 11.8 Å². The SMILES string of the molecule is CCCCCCCCSC[C@@H](NC(=O)OC(C)(C)C)C(=O)OC. The summed E-state index contributed by atoms with van der Waals surface area (Å²) in [5, 5.41) is 2.59. The molecule has 0 aromatic heterocycles. The van der Waals surface area contributed by atoms with Crippen molar-refractivity contribution in [3.05, 3.63) is 0 Å². The van der Waals surface area contributed by atoms with Gasteiger partial charge in [0.05, 0.1) is 7.11 Å². The second-order valence-corrected chi connectivity index (χ2v) is 7.71. The fraction of sp³-hybridized carbons (Fsp3) is 0.882. The Balaban J connectivity index is 4.02. The summed E-state index contributed by atoms with van der Waals surface area (Å²) < 4.78 is 9.92. The second-order valence-electron chi connectivity index (χ2n) is 6.56. The molecular formula is C17H33NO4S. The molecular weight excluding hydrogens is 314 g/mol. The number of hydrogen-bond acceptors (Lipinski definition) is 5. The largest absolute Gasteiger partial charge is 0.467 e. The van der Waals surface area contributed by atoms with Crippen LogP contribution in [0.5, 0.6) is 0 Å². The standard InChI is InChI=1S/C17H33NO4S/c1-6-7-8-9-10-11-12-23-13-14(15(19)21-5)18-16(20)22-17(2,3)4/h14H,6-13H2,1-5H3,(H,18,20)/t14-/m1/s1. The van der Waals surface area contributed by atoms with E-state index in [4.69, 9.17) is 9.47 Å². The number of rotatable bonds is 11. The van der Waals surface area contributed by atoms with Crippen molar-refractivity contribution in [2.45, 2.75) is 77.9 Å². The summed E-state index contributed by atoms with van der Waals surface area (Å²) in [5.74, 6) is 1.04. The highest BCUT2D eigenvalue weighted by Crippen LogP contribution is 2.12. The molecule has 6 heteroatoms. The van der Waals surface area contributed by atoms with Gasteiger partial charge in [0.2, 0.25) is 0 Å². The van der Waals surface area contributed by atoms with Gasteiger partial charge in [-0.15, -0.1) is 0 Å². The first kappa shape index (κ1) is 22.1. The van der Waals surface area contributed by atoms with Crippen LogP contribution in [0.1, 0.15) is 66.2 Å². The average molecular weight is 348 g/mol.